The lowest BCUT2D eigenvalue weighted by Gasteiger charge is -1.92. The molecule has 0 bridgehead atoms. The maximum absolute atomic E-state index is 11.5. The van der Waals surface area contributed by atoms with Crippen molar-refractivity contribution in [1.82, 2.24) is 4.98 Å². The Balaban J connectivity index is 2.68. The molecule has 2 aromatic rings. The van der Waals surface area contributed by atoms with Crippen molar-refractivity contribution in [2.24, 2.45) is 0 Å². The molecule has 2 rings (SSSR count). The number of aromatic nitrogens is 1. The predicted molar refractivity (Wildman–Crippen MR) is 64.1 cm³/mol. The van der Waals surface area contributed by atoms with Gasteiger partial charge >= 0.3 is 0 Å². The highest BCUT2D eigenvalue weighted by atomic mass is 79.9. The minimum atomic E-state index is 0.0491. The number of Topliss-reactive ketones (excluding diaryl/α,β-unsaturated/α-hetero) is 1. The van der Waals surface area contributed by atoms with Gasteiger partial charge in [0.05, 0.1) is 15.5 Å². The van der Waals surface area contributed by atoms with E-state index in [0.717, 1.165) is 15.4 Å². The predicted octanol–water partition coefficient (Wildman–Crippen LogP) is 3.51. The summed E-state index contributed by atoms with van der Waals surface area (Å²) in [6.45, 7) is 0. The molecule has 0 saturated carbocycles. The van der Waals surface area contributed by atoms with E-state index in [1.165, 1.54) is 0 Å². The Morgan fingerprint density at radius 3 is 2.71 bits per heavy atom. The Kier molecular flexibility index (Phi) is 2.74. The number of H-pyrrole nitrogens is 1. The number of hydrogen-bond acceptors (Lipinski definition) is 1. The summed E-state index contributed by atoms with van der Waals surface area (Å²) in [7, 11) is 0. The molecular weight excluding hydrogens is 310 g/mol. The summed E-state index contributed by atoms with van der Waals surface area (Å²) in [5.74, 6) is 0.0491. The van der Waals surface area contributed by atoms with Gasteiger partial charge in [-0.25, -0.2) is 0 Å². The Labute approximate surface area is 97.9 Å². The van der Waals surface area contributed by atoms with Crippen LogP contribution in [0.5, 0.6) is 0 Å². The molecule has 0 fully saturated rings. The van der Waals surface area contributed by atoms with Crippen molar-refractivity contribution in [3.63, 3.8) is 0 Å². The van der Waals surface area contributed by atoms with Gasteiger partial charge in [0.15, 0.2) is 5.78 Å². The van der Waals surface area contributed by atoms with E-state index in [4.69, 9.17) is 0 Å². The average molecular weight is 317 g/mol. The average Bonchev–Trinajstić information content (AvgIpc) is 2.56. The summed E-state index contributed by atoms with van der Waals surface area (Å²) in [6.07, 6.45) is 0. The van der Waals surface area contributed by atoms with Gasteiger partial charge in [-0.3, -0.25) is 4.79 Å². The van der Waals surface area contributed by atoms with Crippen molar-refractivity contribution < 1.29 is 4.79 Å². The lowest BCUT2D eigenvalue weighted by atomic mass is 10.2. The zero-order valence-electron chi connectivity index (χ0n) is 7.18. The standard InChI is InChI=1S/C10H7Br2NO/c11-5-8(14)10-9(12)6-3-1-2-4-7(6)13-10/h1-4,13H,5H2. The van der Waals surface area contributed by atoms with Gasteiger partial charge in [-0.2, -0.15) is 0 Å². The van der Waals surface area contributed by atoms with Gasteiger partial charge in [0, 0.05) is 10.9 Å². The summed E-state index contributed by atoms with van der Waals surface area (Å²) in [6, 6.07) is 7.81. The first-order valence-electron chi connectivity index (χ1n) is 4.09. The summed E-state index contributed by atoms with van der Waals surface area (Å²) < 4.78 is 0.845. The summed E-state index contributed by atoms with van der Waals surface area (Å²) in [5.41, 5.74) is 1.60. The molecule has 0 aliphatic rings. The summed E-state index contributed by atoms with van der Waals surface area (Å²) in [5, 5.41) is 1.37. The van der Waals surface area contributed by atoms with Crippen LogP contribution >= 0.6 is 31.9 Å². The minimum absolute atomic E-state index is 0.0491. The Morgan fingerprint density at radius 2 is 2.07 bits per heavy atom. The van der Waals surface area contributed by atoms with Gasteiger partial charge in [-0.1, -0.05) is 34.1 Å². The Hall–Kier alpha value is -0.610. The fourth-order valence-electron chi connectivity index (χ4n) is 1.37. The van der Waals surface area contributed by atoms with Crippen LogP contribution in [-0.2, 0) is 0 Å². The van der Waals surface area contributed by atoms with E-state index < -0.39 is 0 Å². The molecule has 1 heterocycles. The van der Waals surface area contributed by atoms with Gasteiger partial charge in [0.25, 0.3) is 0 Å². The number of ketones is 1. The lowest BCUT2D eigenvalue weighted by molar-refractivity contribution is 0.101. The van der Waals surface area contributed by atoms with Gasteiger partial charge in [-0.15, -0.1) is 0 Å². The quantitative estimate of drug-likeness (QED) is 0.667. The molecule has 1 aromatic heterocycles. The number of benzene rings is 1. The monoisotopic (exact) mass is 315 g/mol. The number of nitrogens with one attached hydrogen (secondary N) is 1. The molecule has 0 atom stereocenters. The molecule has 72 valence electrons. The number of aromatic amines is 1. The normalized spacial score (nSPS) is 10.7. The maximum atomic E-state index is 11.5. The fourth-order valence-corrected chi connectivity index (χ4v) is 2.31. The zero-order valence-corrected chi connectivity index (χ0v) is 10.4. The molecule has 14 heavy (non-hydrogen) atoms. The van der Waals surface area contributed by atoms with Crippen LogP contribution in [0, 0.1) is 0 Å². The molecule has 0 aliphatic heterocycles. The minimum Gasteiger partial charge on any atom is -0.351 e. The molecule has 2 nitrogen and oxygen atoms in total. The van der Waals surface area contributed by atoms with Crippen LogP contribution in [-0.4, -0.2) is 16.1 Å². The number of rotatable bonds is 2. The fraction of sp³-hybridized carbons (Fsp3) is 0.100. The van der Waals surface area contributed by atoms with Gasteiger partial charge in [0.2, 0.25) is 0 Å². The number of hydrogen-bond donors (Lipinski definition) is 1. The number of alkyl halides is 1. The first kappa shape index (κ1) is 9.93. The van der Waals surface area contributed by atoms with Crippen molar-refractivity contribution in [2.45, 2.75) is 0 Å². The van der Waals surface area contributed by atoms with E-state index >= 15 is 0 Å². The van der Waals surface area contributed by atoms with Gasteiger partial charge in [0.1, 0.15) is 0 Å². The molecule has 0 saturated heterocycles. The van der Waals surface area contributed by atoms with E-state index in [2.05, 4.69) is 36.8 Å². The molecule has 0 radical (unpaired) electrons. The first-order chi connectivity index (χ1) is 6.74. The van der Waals surface area contributed by atoms with Crippen LogP contribution in [0.15, 0.2) is 28.7 Å². The van der Waals surface area contributed by atoms with E-state index in [9.17, 15) is 4.79 Å². The molecule has 1 N–H and O–H groups in total. The number of halogens is 2. The molecule has 0 unspecified atom stereocenters. The number of para-hydroxylation sites is 1. The van der Waals surface area contributed by atoms with Crippen molar-refractivity contribution in [1.29, 1.82) is 0 Å². The second-order valence-corrected chi connectivity index (χ2v) is 4.27. The van der Waals surface area contributed by atoms with Gasteiger partial charge in [-0.05, 0) is 22.0 Å². The van der Waals surface area contributed by atoms with E-state index in [1.54, 1.807) is 0 Å². The third-order valence-electron chi connectivity index (χ3n) is 2.04. The zero-order chi connectivity index (χ0) is 10.1. The molecule has 0 aliphatic carbocycles. The number of carbonyl (C=O) groups is 1. The van der Waals surface area contributed by atoms with E-state index in [1.807, 2.05) is 24.3 Å². The van der Waals surface area contributed by atoms with Crippen LogP contribution in [0.1, 0.15) is 10.5 Å². The molecule has 4 heteroatoms. The number of carbonyl (C=O) groups excluding carboxylic acids is 1. The third kappa shape index (κ3) is 1.53. The topological polar surface area (TPSA) is 32.9 Å². The highest BCUT2D eigenvalue weighted by Crippen LogP contribution is 2.28. The lowest BCUT2D eigenvalue weighted by Crippen LogP contribution is -2.00. The largest absolute Gasteiger partial charge is 0.351 e. The van der Waals surface area contributed by atoms with Crippen LogP contribution < -0.4 is 0 Å². The van der Waals surface area contributed by atoms with Gasteiger partial charge < -0.3 is 4.98 Å². The highest BCUT2D eigenvalue weighted by Gasteiger charge is 2.13. The first-order valence-corrected chi connectivity index (χ1v) is 6.01. The van der Waals surface area contributed by atoms with Crippen LogP contribution in [0.2, 0.25) is 0 Å². The van der Waals surface area contributed by atoms with Crippen LogP contribution in [0.25, 0.3) is 10.9 Å². The second-order valence-electron chi connectivity index (χ2n) is 2.92. The van der Waals surface area contributed by atoms with Crippen molar-refractivity contribution >= 4 is 48.5 Å². The van der Waals surface area contributed by atoms with E-state index in [-0.39, 0.29) is 5.78 Å². The van der Waals surface area contributed by atoms with E-state index in [0.29, 0.717) is 11.0 Å². The van der Waals surface area contributed by atoms with Crippen molar-refractivity contribution in [3.8, 4) is 0 Å². The maximum Gasteiger partial charge on any atom is 0.190 e. The third-order valence-corrected chi connectivity index (χ3v) is 3.38. The molecule has 1 aromatic carbocycles. The number of fused-ring (bicyclic) bond motifs is 1. The Morgan fingerprint density at radius 1 is 1.36 bits per heavy atom. The summed E-state index contributed by atoms with van der Waals surface area (Å²) in [4.78, 5) is 14.6. The summed E-state index contributed by atoms with van der Waals surface area (Å²) >= 11 is 6.57. The van der Waals surface area contributed by atoms with Crippen molar-refractivity contribution in [3.05, 3.63) is 34.4 Å². The molecular formula is C10H7Br2NO. The highest BCUT2D eigenvalue weighted by molar-refractivity contribution is 9.10. The SMILES string of the molecule is O=C(CBr)c1[nH]c2ccccc2c1Br. The Bertz CT molecular complexity index is 490. The smallest absolute Gasteiger partial charge is 0.190 e. The molecule has 0 spiro atoms. The van der Waals surface area contributed by atoms with Crippen molar-refractivity contribution in [2.75, 3.05) is 5.33 Å². The molecule has 0 amide bonds. The van der Waals surface area contributed by atoms with Crippen LogP contribution in [0.4, 0.5) is 0 Å². The second kappa shape index (κ2) is 3.87. The van der Waals surface area contributed by atoms with Crippen LogP contribution in [0.3, 0.4) is 0 Å².